The number of nitrogens with zero attached hydrogens (tertiary/aromatic N) is 2. The molecule has 0 aliphatic rings. The number of anilines is 1. The Labute approximate surface area is 163 Å². The SMILES string of the molecule is CCc1ccc(N[C@@H](c2ccc(F)cc2)c2nnc(-c3ccccc3)o2)cc1. The van der Waals surface area contributed by atoms with Gasteiger partial charge in [-0.3, -0.25) is 0 Å². The van der Waals surface area contributed by atoms with E-state index in [9.17, 15) is 4.39 Å². The topological polar surface area (TPSA) is 51.0 Å². The summed E-state index contributed by atoms with van der Waals surface area (Å²) in [7, 11) is 0. The van der Waals surface area contributed by atoms with Gasteiger partial charge in [0.25, 0.3) is 0 Å². The second kappa shape index (κ2) is 8.05. The van der Waals surface area contributed by atoms with Gasteiger partial charge < -0.3 is 9.73 Å². The second-order valence-electron chi connectivity index (χ2n) is 6.49. The number of halogens is 1. The molecule has 0 fully saturated rings. The fraction of sp³-hybridized carbons (Fsp3) is 0.130. The van der Waals surface area contributed by atoms with Crippen LogP contribution in [0.4, 0.5) is 10.1 Å². The van der Waals surface area contributed by atoms with E-state index in [4.69, 9.17) is 4.42 Å². The van der Waals surface area contributed by atoms with E-state index in [0.29, 0.717) is 11.8 Å². The molecule has 5 heteroatoms. The van der Waals surface area contributed by atoms with Crippen LogP contribution in [0.2, 0.25) is 0 Å². The van der Waals surface area contributed by atoms with Crippen LogP contribution in [-0.2, 0) is 6.42 Å². The Morgan fingerprint density at radius 1 is 0.893 bits per heavy atom. The molecule has 28 heavy (non-hydrogen) atoms. The highest BCUT2D eigenvalue weighted by molar-refractivity contribution is 5.53. The summed E-state index contributed by atoms with van der Waals surface area (Å²) >= 11 is 0. The fourth-order valence-corrected chi connectivity index (χ4v) is 2.99. The van der Waals surface area contributed by atoms with Crippen LogP contribution in [-0.4, -0.2) is 10.2 Å². The molecule has 3 aromatic carbocycles. The van der Waals surface area contributed by atoms with Crippen molar-refractivity contribution in [2.45, 2.75) is 19.4 Å². The van der Waals surface area contributed by atoms with Gasteiger partial charge in [0, 0.05) is 11.3 Å². The predicted octanol–water partition coefficient (Wildman–Crippen LogP) is 5.64. The zero-order valence-corrected chi connectivity index (χ0v) is 15.5. The van der Waals surface area contributed by atoms with Crippen LogP contribution >= 0.6 is 0 Å². The Bertz CT molecular complexity index is 1030. The third-order valence-electron chi connectivity index (χ3n) is 4.58. The summed E-state index contributed by atoms with van der Waals surface area (Å²) in [6.07, 6.45) is 0.978. The van der Waals surface area contributed by atoms with Crippen LogP contribution in [0, 0.1) is 5.82 Å². The van der Waals surface area contributed by atoms with Gasteiger partial charge in [-0.05, 0) is 53.9 Å². The molecule has 0 spiro atoms. The zero-order chi connectivity index (χ0) is 19.3. The highest BCUT2D eigenvalue weighted by atomic mass is 19.1. The molecule has 0 amide bonds. The van der Waals surface area contributed by atoms with Crippen molar-refractivity contribution < 1.29 is 8.81 Å². The monoisotopic (exact) mass is 373 g/mol. The van der Waals surface area contributed by atoms with E-state index in [1.54, 1.807) is 12.1 Å². The first-order chi connectivity index (χ1) is 13.7. The highest BCUT2D eigenvalue weighted by Gasteiger charge is 2.21. The summed E-state index contributed by atoms with van der Waals surface area (Å²) in [6.45, 7) is 2.12. The Morgan fingerprint density at radius 2 is 1.61 bits per heavy atom. The lowest BCUT2D eigenvalue weighted by Gasteiger charge is -2.17. The maximum atomic E-state index is 13.4. The van der Waals surface area contributed by atoms with Crippen LogP contribution in [0.25, 0.3) is 11.5 Å². The van der Waals surface area contributed by atoms with Crippen molar-refractivity contribution in [3.8, 4) is 11.5 Å². The number of benzene rings is 3. The molecule has 0 bridgehead atoms. The third-order valence-corrected chi connectivity index (χ3v) is 4.58. The normalized spacial score (nSPS) is 11.9. The molecule has 4 rings (SSSR count). The molecule has 4 aromatic rings. The van der Waals surface area contributed by atoms with E-state index in [1.165, 1.54) is 17.7 Å². The average Bonchev–Trinajstić information content (AvgIpc) is 3.24. The van der Waals surface area contributed by atoms with Gasteiger partial charge >= 0.3 is 0 Å². The Balaban J connectivity index is 1.68. The fourth-order valence-electron chi connectivity index (χ4n) is 2.99. The maximum Gasteiger partial charge on any atom is 0.247 e. The van der Waals surface area contributed by atoms with E-state index in [2.05, 4.69) is 34.6 Å². The van der Waals surface area contributed by atoms with Crippen LogP contribution in [0.15, 0.2) is 83.3 Å². The molecule has 1 N–H and O–H groups in total. The van der Waals surface area contributed by atoms with Crippen molar-refractivity contribution in [2.75, 3.05) is 5.32 Å². The van der Waals surface area contributed by atoms with Crippen LogP contribution < -0.4 is 5.32 Å². The number of rotatable bonds is 6. The van der Waals surface area contributed by atoms with E-state index < -0.39 is 6.04 Å². The predicted molar refractivity (Wildman–Crippen MR) is 107 cm³/mol. The summed E-state index contributed by atoms with van der Waals surface area (Å²) in [5, 5.41) is 11.9. The van der Waals surface area contributed by atoms with Gasteiger partial charge in [-0.1, -0.05) is 49.4 Å². The first-order valence-electron chi connectivity index (χ1n) is 9.22. The van der Waals surface area contributed by atoms with E-state index in [-0.39, 0.29) is 5.82 Å². The van der Waals surface area contributed by atoms with Gasteiger partial charge in [0.2, 0.25) is 11.8 Å². The lowest BCUT2D eigenvalue weighted by atomic mass is 10.1. The molecule has 0 saturated heterocycles. The average molecular weight is 373 g/mol. The van der Waals surface area contributed by atoms with E-state index >= 15 is 0 Å². The Hall–Kier alpha value is -3.47. The lowest BCUT2D eigenvalue weighted by Crippen LogP contribution is -2.13. The molecule has 1 atom stereocenters. The largest absolute Gasteiger partial charge is 0.418 e. The zero-order valence-electron chi connectivity index (χ0n) is 15.5. The van der Waals surface area contributed by atoms with Crippen molar-refractivity contribution in [2.24, 2.45) is 0 Å². The molecule has 0 unspecified atom stereocenters. The quantitative estimate of drug-likeness (QED) is 0.475. The second-order valence-corrected chi connectivity index (χ2v) is 6.49. The molecular formula is C23H20FN3O. The lowest BCUT2D eigenvalue weighted by molar-refractivity contribution is 0.494. The molecule has 4 nitrogen and oxygen atoms in total. The van der Waals surface area contributed by atoms with Gasteiger partial charge in [0.1, 0.15) is 11.9 Å². The maximum absolute atomic E-state index is 13.4. The van der Waals surface area contributed by atoms with Crippen molar-refractivity contribution in [1.82, 2.24) is 10.2 Å². The molecule has 0 aliphatic heterocycles. The number of aryl methyl sites for hydroxylation is 1. The minimum absolute atomic E-state index is 0.287. The summed E-state index contributed by atoms with van der Waals surface area (Å²) in [5.74, 6) is 0.584. The molecule has 0 radical (unpaired) electrons. The molecule has 0 aliphatic carbocycles. The number of hydrogen-bond acceptors (Lipinski definition) is 4. The van der Waals surface area contributed by atoms with Gasteiger partial charge in [0.05, 0.1) is 0 Å². The van der Waals surface area contributed by atoms with Gasteiger partial charge in [-0.2, -0.15) is 0 Å². The number of nitrogens with one attached hydrogen (secondary N) is 1. The molecule has 1 heterocycles. The highest BCUT2D eigenvalue weighted by Crippen LogP contribution is 2.28. The van der Waals surface area contributed by atoms with Crippen LogP contribution in [0.3, 0.4) is 0 Å². The third kappa shape index (κ3) is 3.93. The van der Waals surface area contributed by atoms with E-state index in [1.807, 2.05) is 42.5 Å². The summed E-state index contributed by atoms with van der Waals surface area (Å²) in [5.41, 5.74) is 3.87. The number of aromatic nitrogens is 2. The van der Waals surface area contributed by atoms with Gasteiger partial charge in [0.15, 0.2) is 0 Å². The summed E-state index contributed by atoms with van der Waals surface area (Å²) in [6, 6.07) is 23.7. The van der Waals surface area contributed by atoms with Crippen molar-refractivity contribution in [3.63, 3.8) is 0 Å². The van der Waals surface area contributed by atoms with Gasteiger partial charge in [-0.25, -0.2) is 4.39 Å². The van der Waals surface area contributed by atoms with Gasteiger partial charge in [-0.15, -0.1) is 10.2 Å². The Kier molecular flexibility index (Phi) is 5.15. The summed E-state index contributed by atoms with van der Waals surface area (Å²) in [4.78, 5) is 0. The minimum Gasteiger partial charge on any atom is -0.418 e. The molecule has 0 saturated carbocycles. The molecule has 140 valence electrons. The molecular weight excluding hydrogens is 353 g/mol. The Morgan fingerprint density at radius 3 is 2.29 bits per heavy atom. The smallest absolute Gasteiger partial charge is 0.247 e. The van der Waals surface area contributed by atoms with E-state index in [0.717, 1.165) is 23.2 Å². The van der Waals surface area contributed by atoms with Crippen molar-refractivity contribution >= 4 is 5.69 Å². The van der Waals surface area contributed by atoms with Crippen molar-refractivity contribution in [3.05, 3.63) is 102 Å². The first kappa shape index (κ1) is 17.9. The van der Waals surface area contributed by atoms with Crippen LogP contribution in [0.5, 0.6) is 0 Å². The summed E-state index contributed by atoms with van der Waals surface area (Å²) < 4.78 is 19.4. The first-order valence-corrected chi connectivity index (χ1v) is 9.22. The number of hydrogen-bond donors (Lipinski definition) is 1. The standard InChI is InChI=1S/C23H20FN3O/c1-2-16-8-14-20(15-9-16)25-21(17-10-12-19(24)13-11-17)23-27-26-22(28-23)18-6-4-3-5-7-18/h3-15,21,25H,2H2,1H3/t21-/m0/s1. The van der Waals surface area contributed by atoms with Crippen LogP contribution in [0.1, 0.15) is 30.0 Å². The minimum atomic E-state index is -0.391. The molecule has 1 aromatic heterocycles. The van der Waals surface area contributed by atoms with Crippen molar-refractivity contribution in [1.29, 1.82) is 0 Å².